The van der Waals surface area contributed by atoms with Crippen LogP contribution in [0.4, 0.5) is 0 Å². The Bertz CT molecular complexity index is 668. The van der Waals surface area contributed by atoms with Gasteiger partial charge in [-0.15, -0.1) is 0 Å². The van der Waals surface area contributed by atoms with Gasteiger partial charge >= 0.3 is 0 Å². The lowest BCUT2D eigenvalue weighted by Gasteiger charge is -1.95. The fourth-order valence-electron chi connectivity index (χ4n) is 1.53. The van der Waals surface area contributed by atoms with Crippen LogP contribution in [0.2, 0.25) is 5.02 Å². The third kappa shape index (κ3) is 2.97. The van der Waals surface area contributed by atoms with Crippen LogP contribution in [0.5, 0.6) is 0 Å². The molecule has 0 amide bonds. The first-order valence-corrected chi connectivity index (χ1v) is 6.86. The minimum absolute atomic E-state index is 0.565. The van der Waals surface area contributed by atoms with Crippen molar-refractivity contribution < 1.29 is 4.42 Å². The quantitative estimate of drug-likeness (QED) is 0.746. The Kier molecular flexibility index (Phi) is 3.52. The summed E-state index contributed by atoms with van der Waals surface area (Å²) in [6.45, 7) is 0. The minimum Gasteiger partial charge on any atom is -0.444 e. The largest absolute Gasteiger partial charge is 0.444 e. The second-order valence-electron chi connectivity index (χ2n) is 3.73. The Morgan fingerprint density at radius 3 is 3.11 bits per heavy atom. The number of aromatic nitrogens is 4. The minimum atomic E-state index is 0.565. The fraction of sp³-hybridized carbons (Fsp3) is 0.0833. The van der Waals surface area contributed by atoms with Crippen LogP contribution in [-0.4, -0.2) is 20.2 Å². The predicted octanol–water partition coefficient (Wildman–Crippen LogP) is 3.41. The number of H-pyrrole nitrogens is 1. The van der Waals surface area contributed by atoms with Gasteiger partial charge in [-0.05, 0) is 18.2 Å². The van der Waals surface area contributed by atoms with Crippen LogP contribution in [0.25, 0.3) is 11.5 Å². The Balaban J connectivity index is 1.72. The number of oxazole rings is 1. The highest BCUT2D eigenvalue weighted by atomic mass is 35.5. The number of rotatable bonds is 4. The van der Waals surface area contributed by atoms with E-state index in [-0.39, 0.29) is 0 Å². The highest BCUT2D eigenvalue weighted by Gasteiger charge is 2.08. The highest BCUT2D eigenvalue weighted by Crippen LogP contribution is 2.24. The lowest BCUT2D eigenvalue weighted by Crippen LogP contribution is -1.83. The molecule has 0 radical (unpaired) electrons. The fourth-order valence-corrected chi connectivity index (χ4v) is 2.38. The van der Waals surface area contributed by atoms with Gasteiger partial charge < -0.3 is 4.42 Å². The van der Waals surface area contributed by atoms with Gasteiger partial charge in [-0.1, -0.05) is 29.4 Å². The molecule has 19 heavy (non-hydrogen) atoms. The molecule has 0 bridgehead atoms. The van der Waals surface area contributed by atoms with E-state index in [1.807, 2.05) is 24.3 Å². The van der Waals surface area contributed by atoms with Crippen molar-refractivity contribution in [3.8, 4) is 11.5 Å². The summed E-state index contributed by atoms with van der Waals surface area (Å²) >= 11 is 7.45. The van der Waals surface area contributed by atoms with Crippen molar-refractivity contribution >= 4 is 23.4 Å². The van der Waals surface area contributed by atoms with Crippen molar-refractivity contribution in [2.45, 2.75) is 10.9 Å². The molecule has 0 spiro atoms. The molecule has 1 N–H and O–H groups in total. The van der Waals surface area contributed by atoms with Crippen molar-refractivity contribution in [1.82, 2.24) is 20.2 Å². The van der Waals surface area contributed by atoms with Crippen molar-refractivity contribution in [2.75, 3.05) is 0 Å². The molecule has 2 heterocycles. The van der Waals surface area contributed by atoms with Crippen LogP contribution in [-0.2, 0) is 5.75 Å². The molecule has 2 aromatic heterocycles. The lowest BCUT2D eigenvalue weighted by atomic mass is 10.2. The van der Waals surface area contributed by atoms with Gasteiger partial charge in [0.15, 0.2) is 5.16 Å². The molecule has 96 valence electrons. The zero-order chi connectivity index (χ0) is 13.1. The van der Waals surface area contributed by atoms with Crippen LogP contribution in [0, 0.1) is 0 Å². The number of hydrogen-bond acceptors (Lipinski definition) is 5. The first kappa shape index (κ1) is 12.3. The van der Waals surface area contributed by atoms with E-state index in [1.165, 1.54) is 18.1 Å². The summed E-state index contributed by atoms with van der Waals surface area (Å²) in [7, 11) is 0. The summed E-state index contributed by atoms with van der Waals surface area (Å²) in [5.41, 5.74) is 1.71. The standard InChI is InChI=1S/C12H9ClN4OS/c13-9-3-1-2-8(4-9)11-16-10(5-18-11)6-19-12-14-7-15-17-12/h1-5,7H,6H2,(H,14,15,17). The predicted molar refractivity (Wildman–Crippen MR) is 72.9 cm³/mol. The summed E-state index contributed by atoms with van der Waals surface area (Å²) in [6.07, 6.45) is 3.11. The number of thioether (sulfide) groups is 1. The normalized spacial score (nSPS) is 10.8. The van der Waals surface area contributed by atoms with Crippen LogP contribution in [0.3, 0.4) is 0 Å². The maximum atomic E-state index is 5.94. The number of benzene rings is 1. The van der Waals surface area contributed by atoms with Gasteiger partial charge in [-0.2, -0.15) is 5.10 Å². The van der Waals surface area contributed by atoms with E-state index in [0.29, 0.717) is 16.7 Å². The molecule has 0 aliphatic heterocycles. The van der Waals surface area contributed by atoms with Crippen LogP contribution >= 0.6 is 23.4 Å². The number of nitrogens with zero attached hydrogens (tertiary/aromatic N) is 3. The molecule has 7 heteroatoms. The molecule has 0 aliphatic carbocycles. The first-order valence-electron chi connectivity index (χ1n) is 5.50. The topological polar surface area (TPSA) is 67.6 Å². The molecule has 0 unspecified atom stereocenters. The zero-order valence-corrected chi connectivity index (χ0v) is 11.3. The molecule has 0 fully saturated rings. The molecule has 1 aromatic carbocycles. The average Bonchev–Trinajstić information content (AvgIpc) is 3.08. The summed E-state index contributed by atoms with van der Waals surface area (Å²) in [5, 5.41) is 7.98. The summed E-state index contributed by atoms with van der Waals surface area (Å²) in [6, 6.07) is 7.41. The highest BCUT2D eigenvalue weighted by molar-refractivity contribution is 7.98. The molecular formula is C12H9ClN4OS. The van der Waals surface area contributed by atoms with E-state index in [1.54, 1.807) is 6.26 Å². The van der Waals surface area contributed by atoms with Crippen LogP contribution in [0.1, 0.15) is 5.69 Å². The Labute approximate surface area is 118 Å². The van der Waals surface area contributed by atoms with Gasteiger partial charge in [0.2, 0.25) is 5.89 Å². The monoisotopic (exact) mass is 292 g/mol. The first-order chi connectivity index (χ1) is 9.31. The van der Waals surface area contributed by atoms with Crippen molar-refractivity contribution in [2.24, 2.45) is 0 Å². The SMILES string of the molecule is Clc1cccc(-c2nc(CSc3ncn[nH]3)co2)c1. The maximum Gasteiger partial charge on any atom is 0.226 e. The van der Waals surface area contributed by atoms with Crippen molar-refractivity contribution in [3.05, 3.63) is 47.6 Å². The lowest BCUT2D eigenvalue weighted by molar-refractivity contribution is 0.573. The number of aromatic amines is 1. The maximum absolute atomic E-state index is 5.94. The third-order valence-electron chi connectivity index (χ3n) is 2.37. The molecular weight excluding hydrogens is 284 g/mol. The van der Waals surface area contributed by atoms with E-state index in [4.69, 9.17) is 16.0 Å². The van der Waals surface area contributed by atoms with Crippen molar-refractivity contribution in [1.29, 1.82) is 0 Å². The molecule has 0 atom stereocenters. The summed E-state index contributed by atoms with van der Waals surface area (Å²) in [5.74, 6) is 1.23. The van der Waals surface area contributed by atoms with Gasteiger partial charge in [-0.25, -0.2) is 9.97 Å². The van der Waals surface area contributed by atoms with E-state index in [9.17, 15) is 0 Å². The second-order valence-corrected chi connectivity index (χ2v) is 5.13. The van der Waals surface area contributed by atoms with Gasteiger partial charge in [0, 0.05) is 16.3 Å². The Hall–Kier alpha value is -1.79. The molecule has 0 saturated heterocycles. The molecule has 5 nitrogen and oxygen atoms in total. The van der Waals surface area contributed by atoms with E-state index < -0.39 is 0 Å². The van der Waals surface area contributed by atoms with E-state index in [0.717, 1.165) is 16.4 Å². The number of halogens is 1. The Morgan fingerprint density at radius 2 is 2.32 bits per heavy atom. The molecule has 0 saturated carbocycles. The van der Waals surface area contributed by atoms with Crippen LogP contribution < -0.4 is 0 Å². The zero-order valence-electron chi connectivity index (χ0n) is 9.71. The average molecular weight is 293 g/mol. The van der Waals surface area contributed by atoms with Gasteiger partial charge in [-0.3, -0.25) is 5.10 Å². The van der Waals surface area contributed by atoms with E-state index >= 15 is 0 Å². The van der Waals surface area contributed by atoms with Crippen molar-refractivity contribution in [3.63, 3.8) is 0 Å². The van der Waals surface area contributed by atoms with Gasteiger partial charge in [0.1, 0.15) is 12.6 Å². The third-order valence-corrected chi connectivity index (χ3v) is 3.52. The summed E-state index contributed by atoms with van der Waals surface area (Å²) in [4.78, 5) is 8.44. The number of nitrogens with one attached hydrogen (secondary N) is 1. The van der Waals surface area contributed by atoms with Gasteiger partial charge in [0.25, 0.3) is 0 Å². The second kappa shape index (κ2) is 5.46. The molecule has 0 aliphatic rings. The van der Waals surface area contributed by atoms with Gasteiger partial charge in [0.05, 0.1) is 5.69 Å². The molecule has 3 rings (SSSR count). The Morgan fingerprint density at radius 1 is 1.37 bits per heavy atom. The molecule has 3 aromatic rings. The van der Waals surface area contributed by atoms with Crippen LogP contribution in [0.15, 0.2) is 46.4 Å². The smallest absolute Gasteiger partial charge is 0.226 e. The number of hydrogen-bond donors (Lipinski definition) is 1. The summed E-state index contributed by atoms with van der Waals surface area (Å²) < 4.78 is 5.45. The van der Waals surface area contributed by atoms with E-state index in [2.05, 4.69) is 20.2 Å².